The van der Waals surface area contributed by atoms with Crippen molar-refractivity contribution in [3.8, 4) is 0 Å². The van der Waals surface area contributed by atoms with Gasteiger partial charge in [-0.3, -0.25) is 4.79 Å². The van der Waals surface area contributed by atoms with Crippen molar-refractivity contribution in [2.45, 2.75) is 25.3 Å². The average Bonchev–Trinajstić information content (AvgIpc) is 2.19. The second kappa shape index (κ2) is 6.27. The van der Waals surface area contributed by atoms with Crippen LogP contribution in [-0.2, 0) is 9.53 Å². The fourth-order valence-corrected chi connectivity index (χ4v) is 2.49. The lowest BCUT2D eigenvalue weighted by Gasteiger charge is -2.22. The molecule has 76 valence electrons. The molecule has 3 nitrogen and oxygen atoms in total. The molecule has 1 saturated heterocycles. The van der Waals surface area contributed by atoms with Crippen molar-refractivity contribution in [3.63, 3.8) is 0 Å². The summed E-state index contributed by atoms with van der Waals surface area (Å²) in [5.41, 5.74) is 0. The maximum Gasteiger partial charge on any atom is 0.306 e. The first-order chi connectivity index (χ1) is 6.33. The molecule has 1 rings (SSSR count). The zero-order chi connectivity index (χ0) is 9.52. The number of carbonyl (C=O) groups excluding carboxylic acids is 1. The highest BCUT2D eigenvalue weighted by Crippen LogP contribution is 2.16. The van der Waals surface area contributed by atoms with Crippen LogP contribution in [0.2, 0.25) is 0 Å². The molecule has 1 unspecified atom stereocenters. The van der Waals surface area contributed by atoms with Gasteiger partial charge in [0.2, 0.25) is 0 Å². The largest absolute Gasteiger partial charge is 0.469 e. The molecule has 0 bridgehead atoms. The first-order valence-corrected chi connectivity index (χ1v) is 5.86. The minimum absolute atomic E-state index is 0.129. The minimum atomic E-state index is -0.129. The zero-order valence-electron chi connectivity index (χ0n) is 8.04. The van der Waals surface area contributed by atoms with Crippen LogP contribution in [0.15, 0.2) is 0 Å². The van der Waals surface area contributed by atoms with Crippen LogP contribution in [0, 0.1) is 0 Å². The van der Waals surface area contributed by atoms with Crippen molar-refractivity contribution in [1.82, 2.24) is 5.32 Å². The van der Waals surface area contributed by atoms with Gasteiger partial charge in [0.05, 0.1) is 13.5 Å². The van der Waals surface area contributed by atoms with Gasteiger partial charge in [-0.2, -0.15) is 11.8 Å². The SMILES string of the molecule is COC(=O)CCNC1CCCSC1. The Balaban J connectivity index is 2.01. The van der Waals surface area contributed by atoms with E-state index in [2.05, 4.69) is 10.1 Å². The second-order valence-electron chi connectivity index (χ2n) is 3.19. The number of rotatable bonds is 4. The van der Waals surface area contributed by atoms with Gasteiger partial charge in [0, 0.05) is 18.3 Å². The zero-order valence-corrected chi connectivity index (χ0v) is 8.86. The molecule has 1 fully saturated rings. The molecule has 1 heterocycles. The summed E-state index contributed by atoms with van der Waals surface area (Å²) in [4.78, 5) is 10.8. The molecule has 13 heavy (non-hydrogen) atoms. The summed E-state index contributed by atoms with van der Waals surface area (Å²) < 4.78 is 4.56. The van der Waals surface area contributed by atoms with E-state index in [1.54, 1.807) is 0 Å². The number of ether oxygens (including phenoxy) is 1. The van der Waals surface area contributed by atoms with Crippen molar-refractivity contribution in [1.29, 1.82) is 0 Å². The molecule has 1 aliphatic heterocycles. The van der Waals surface area contributed by atoms with Crippen molar-refractivity contribution in [2.24, 2.45) is 0 Å². The van der Waals surface area contributed by atoms with Crippen LogP contribution in [0.5, 0.6) is 0 Å². The Morgan fingerprint density at radius 1 is 1.69 bits per heavy atom. The lowest BCUT2D eigenvalue weighted by atomic mass is 10.2. The van der Waals surface area contributed by atoms with Gasteiger partial charge in [0.15, 0.2) is 0 Å². The van der Waals surface area contributed by atoms with Gasteiger partial charge in [-0.25, -0.2) is 0 Å². The Bertz CT molecular complexity index is 158. The van der Waals surface area contributed by atoms with E-state index >= 15 is 0 Å². The molecular formula is C9H17NO2S. The number of esters is 1. The third-order valence-electron chi connectivity index (χ3n) is 2.15. The Labute approximate surface area is 83.6 Å². The highest BCUT2D eigenvalue weighted by Gasteiger charge is 2.12. The van der Waals surface area contributed by atoms with E-state index in [-0.39, 0.29) is 5.97 Å². The number of hydrogen-bond acceptors (Lipinski definition) is 4. The van der Waals surface area contributed by atoms with Crippen LogP contribution in [0.1, 0.15) is 19.3 Å². The summed E-state index contributed by atoms with van der Waals surface area (Å²) in [5, 5.41) is 3.37. The van der Waals surface area contributed by atoms with Gasteiger partial charge in [-0.05, 0) is 18.6 Å². The highest BCUT2D eigenvalue weighted by atomic mass is 32.2. The molecule has 0 aromatic carbocycles. The Morgan fingerprint density at radius 3 is 3.15 bits per heavy atom. The first kappa shape index (κ1) is 10.9. The molecule has 0 radical (unpaired) electrons. The van der Waals surface area contributed by atoms with Crippen molar-refractivity contribution < 1.29 is 9.53 Å². The highest BCUT2D eigenvalue weighted by molar-refractivity contribution is 7.99. The summed E-state index contributed by atoms with van der Waals surface area (Å²) in [6.07, 6.45) is 3.02. The molecule has 4 heteroatoms. The predicted octanol–water partition coefficient (Wildman–Crippen LogP) is 1.03. The van der Waals surface area contributed by atoms with Crippen molar-refractivity contribution >= 4 is 17.7 Å². The van der Waals surface area contributed by atoms with Crippen molar-refractivity contribution in [3.05, 3.63) is 0 Å². The summed E-state index contributed by atoms with van der Waals surface area (Å²) in [7, 11) is 1.43. The molecule has 0 aliphatic carbocycles. The number of nitrogens with one attached hydrogen (secondary N) is 1. The summed E-state index contributed by atoms with van der Waals surface area (Å²) in [5.74, 6) is 2.34. The second-order valence-corrected chi connectivity index (χ2v) is 4.34. The number of thioether (sulfide) groups is 1. The van der Waals surface area contributed by atoms with E-state index < -0.39 is 0 Å². The average molecular weight is 203 g/mol. The fraction of sp³-hybridized carbons (Fsp3) is 0.889. The first-order valence-electron chi connectivity index (χ1n) is 4.71. The third-order valence-corrected chi connectivity index (χ3v) is 3.37. The van der Waals surface area contributed by atoms with Gasteiger partial charge in [-0.15, -0.1) is 0 Å². The summed E-state index contributed by atoms with van der Waals surface area (Å²) >= 11 is 1.99. The van der Waals surface area contributed by atoms with Gasteiger partial charge >= 0.3 is 5.97 Å². The topological polar surface area (TPSA) is 38.3 Å². The van der Waals surface area contributed by atoms with Gasteiger partial charge < -0.3 is 10.1 Å². The molecular weight excluding hydrogens is 186 g/mol. The number of carbonyl (C=O) groups is 1. The molecule has 1 N–H and O–H groups in total. The molecule has 0 aromatic rings. The molecule has 0 aromatic heterocycles. The van der Waals surface area contributed by atoms with E-state index in [1.807, 2.05) is 11.8 Å². The Kier molecular flexibility index (Phi) is 5.23. The van der Waals surface area contributed by atoms with Crippen LogP contribution in [-0.4, -0.2) is 37.2 Å². The quantitative estimate of drug-likeness (QED) is 0.693. The van der Waals surface area contributed by atoms with Gasteiger partial charge in [0.1, 0.15) is 0 Å². The predicted molar refractivity (Wildman–Crippen MR) is 55.0 cm³/mol. The Hall–Kier alpha value is -0.220. The molecule has 0 saturated carbocycles. The number of hydrogen-bond donors (Lipinski definition) is 1. The van der Waals surface area contributed by atoms with Crippen LogP contribution < -0.4 is 5.32 Å². The van der Waals surface area contributed by atoms with E-state index in [9.17, 15) is 4.79 Å². The van der Waals surface area contributed by atoms with Gasteiger partial charge in [-0.1, -0.05) is 0 Å². The molecule has 1 aliphatic rings. The number of methoxy groups -OCH3 is 1. The lowest BCUT2D eigenvalue weighted by molar-refractivity contribution is -0.140. The molecule has 0 spiro atoms. The fourth-order valence-electron chi connectivity index (χ4n) is 1.38. The maximum atomic E-state index is 10.8. The maximum absolute atomic E-state index is 10.8. The van der Waals surface area contributed by atoms with Crippen molar-refractivity contribution in [2.75, 3.05) is 25.2 Å². The van der Waals surface area contributed by atoms with E-state index in [0.29, 0.717) is 12.5 Å². The molecule has 0 amide bonds. The van der Waals surface area contributed by atoms with Crippen LogP contribution in [0.3, 0.4) is 0 Å². The summed E-state index contributed by atoms with van der Waals surface area (Å²) in [6, 6.07) is 0.600. The van der Waals surface area contributed by atoms with E-state index in [0.717, 1.165) is 6.54 Å². The van der Waals surface area contributed by atoms with Crippen LogP contribution in [0.25, 0.3) is 0 Å². The minimum Gasteiger partial charge on any atom is -0.469 e. The van der Waals surface area contributed by atoms with Crippen LogP contribution in [0.4, 0.5) is 0 Å². The standard InChI is InChI=1S/C9H17NO2S/c1-12-9(11)4-5-10-8-3-2-6-13-7-8/h8,10H,2-7H2,1H3. The smallest absolute Gasteiger partial charge is 0.306 e. The Morgan fingerprint density at radius 2 is 2.54 bits per heavy atom. The van der Waals surface area contributed by atoms with E-state index in [1.165, 1.54) is 31.5 Å². The van der Waals surface area contributed by atoms with E-state index in [4.69, 9.17) is 0 Å². The van der Waals surface area contributed by atoms with Gasteiger partial charge in [0.25, 0.3) is 0 Å². The monoisotopic (exact) mass is 203 g/mol. The normalized spacial score (nSPS) is 22.7. The molecule has 1 atom stereocenters. The lowest BCUT2D eigenvalue weighted by Crippen LogP contribution is -2.35. The summed E-state index contributed by atoms with van der Waals surface area (Å²) in [6.45, 7) is 0.748. The van der Waals surface area contributed by atoms with Crippen LogP contribution >= 0.6 is 11.8 Å². The third kappa shape index (κ3) is 4.52.